The fourth-order valence-electron chi connectivity index (χ4n) is 3.61. The summed E-state index contributed by atoms with van der Waals surface area (Å²) in [6.07, 6.45) is 0.827. The summed E-state index contributed by atoms with van der Waals surface area (Å²) >= 11 is 0. The van der Waals surface area contributed by atoms with Crippen LogP contribution in [0.2, 0.25) is 0 Å². The van der Waals surface area contributed by atoms with Gasteiger partial charge in [-0.25, -0.2) is 0 Å². The summed E-state index contributed by atoms with van der Waals surface area (Å²) in [6, 6.07) is 9.30. The third-order valence-electron chi connectivity index (χ3n) is 4.96. The molecule has 0 spiro atoms. The molecule has 136 valence electrons. The van der Waals surface area contributed by atoms with Gasteiger partial charge < -0.3 is 19.5 Å². The Bertz CT molecular complexity index is 848. The number of carbonyl (C=O) groups is 1. The van der Waals surface area contributed by atoms with Crippen LogP contribution in [0.1, 0.15) is 22.7 Å². The maximum atomic E-state index is 13.1. The van der Waals surface area contributed by atoms with Gasteiger partial charge in [0.15, 0.2) is 11.5 Å². The number of nitrogens with zero attached hydrogens (tertiary/aromatic N) is 1. The Morgan fingerprint density at radius 1 is 1.27 bits per heavy atom. The number of anilines is 1. The van der Waals surface area contributed by atoms with Gasteiger partial charge in [0.05, 0.1) is 7.11 Å². The summed E-state index contributed by atoms with van der Waals surface area (Å²) in [5, 5.41) is 3.02. The third kappa shape index (κ3) is 2.76. The molecule has 2 aliphatic heterocycles. The van der Waals surface area contributed by atoms with Gasteiger partial charge in [-0.1, -0.05) is 17.7 Å². The van der Waals surface area contributed by atoms with Crippen molar-refractivity contribution in [3.63, 3.8) is 0 Å². The summed E-state index contributed by atoms with van der Waals surface area (Å²) in [4.78, 5) is 15.2. The van der Waals surface area contributed by atoms with E-state index in [1.165, 1.54) is 0 Å². The van der Waals surface area contributed by atoms with Crippen LogP contribution < -0.4 is 19.5 Å². The van der Waals surface area contributed by atoms with Crippen LogP contribution in [0.3, 0.4) is 0 Å². The maximum Gasteiger partial charge on any atom is 0.246 e. The summed E-state index contributed by atoms with van der Waals surface area (Å²) in [6.45, 7) is 2.97. The minimum absolute atomic E-state index is 0.0885. The minimum Gasteiger partial charge on any atom is -0.492 e. The number of likely N-dealkylation sites (N-methyl/N-ethyl adjacent to an activating group) is 1. The first kappa shape index (κ1) is 16.7. The van der Waals surface area contributed by atoms with E-state index >= 15 is 0 Å². The number of benzene rings is 2. The van der Waals surface area contributed by atoms with Crippen molar-refractivity contribution in [2.75, 3.05) is 32.8 Å². The number of hydrogen-bond donors (Lipinski definition) is 1. The Hall–Kier alpha value is -2.73. The number of nitrogens with one attached hydrogen (secondary N) is 1. The molecule has 0 saturated heterocycles. The number of rotatable bonds is 3. The molecule has 2 aromatic carbocycles. The Labute approximate surface area is 152 Å². The molecule has 26 heavy (non-hydrogen) atoms. The Morgan fingerprint density at radius 3 is 2.77 bits per heavy atom. The molecule has 4 rings (SSSR count). The van der Waals surface area contributed by atoms with E-state index in [4.69, 9.17) is 14.2 Å². The van der Waals surface area contributed by atoms with E-state index in [1.807, 2.05) is 49.2 Å². The molecule has 6 nitrogen and oxygen atoms in total. The smallest absolute Gasteiger partial charge is 0.246 e. The molecule has 2 aromatic rings. The topological polar surface area (TPSA) is 60.0 Å². The Morgan fingerprint density at radius 2 is 2.04 bits per heavy atom. The molecule has 0 saturated carbocycles. The van der Waals surface area contributed by atoms with Crippen LogP contribution in [0, 0.1) is 6.92 Å². The highest BCUT2D eigenvalue weighted by atomic mass is 16.7. The van der Waals surface area contributed by atoms with Crippen LogP contribution in [-0.4, -0.2) is 38.3 Å². The van der Waals surface area contributed by atoms with Crippen LogP contribution in [0.5, 0.6) is 17.2 Å². The van der Waals surface area contributed by atoms with Crippen molar-refractivity contribution in [1.29, 1.82) is 0 Å². The van der Waals surface area contributed by atoms with Crippen molar-refractivity contribution in [2.24, 2.45) is 0 Å². The second-order valence-electron chi connectivity index (χ2n) is 6.70. The maximum absolute atomic E-state index is 13.1. The molecule has 1 N–H and O–H groups in total. The molecule has 0 radical (unpaired) electrons. The van der Waals surface area contributed by atoms with Crippen molar-refractivity contribution < 1.29 is 19.0 Å². The molecule has 0 bridgehead atoms. The van der Waals surface area contributed by atoms with Gasteiger partial charge in [-0.05, 0) is 44.2 Å². The van der Waals surface area contributed by atoms with Gasteiger partial charge in [0, 0.05) is 17.8 Å². The summed E-state index contributed by atoms with van der Waals surface area (Å²) in [5.41, 5.74) is 3.85. The molecule has 1 atom stereocenters. The van der Waals surface area contributed by atoms with Gasteiger partial charge >= 0.3 is 0 Å². The van der Waals surface area contributed by atoms with Gasteiger partial charge in [0.1, 0.15) is 6.04 Å². The second kappa shape index (κ2) is 6.53. The Kier molecular flexibility index (Phi) is 4.20. The van der Waals surface area contributed by atoms with Crippen molar-refractivity contribution in [3.8, 4) is 17.2 Å². The van der Waals surface area contributed by atoms with E-state index < -0.39 is 6.04 Å². The zero-order chi connectivity index (χ0) is 18.3. The first-order valence-corrected chi connectivity index (χ1v) is 8.65. The number of fused-ring (bicyclic) bond motifs is 2. The Balaban J connectivity index is 1.73. The fourth-order valence-corrected chi connectivity index (χ4v) is 3.61. The van der Waals surface area contributed by atoms with Crippen molar-refractivity contribution >= 4 is 11.6 Å². The molecule has 2 aliphatic rings. The zero-order valence-corrected chi connectivity index (χ0v) is 15.2. The third-order valence-corrected chi connectivity index (χ3v) is 4.96. The summed E-state index contributed by atoms with van der Waals surface area (Å²) in [7, 11) is 3.55. The van der Waals surface area contributed by atoms with E-state index in [0.717, 1.165) is 35.3 Å². The lowest BCUT2D eigenvalue weighted by Crippen LogP contribution is -2.39. The minimum atomic E-state index is -0.454. The molecule has 0 fully saturated rings. The largest absolute Gasteiger partial charge is 0.492 e. The molecular weight excluding hydrogens is 332 g/mol. The van der Waals surface area contributed by atoms with Gasteiger partial charge in [0.25, 0.3) is 0 Å². The van der Waals surface area contributed by atoms with Gasteiger partial charge in [-0.3, -0.25) is 9.69 Å². The first-order valence-electron chi connectivity index (χ1n) is 8.65. The molecule has 0 aromatic heterocycles. The number of amides is 1. The summed E-state index contributed by atoms with van der Waals surface area (Å²) in [5.74, 6) is 1.76. The predicted molar refractivity (Wildman–Crippen MR) is 98.0 cm³/mol. The SMILES string of the molecule is COc1c2c(cc3c1[C@@H](C(=O)Nc1ccc(C)cc1)N(C)CC3)OCO2. The fraction of sp³-hybridized carbons (Fsp3) is 0.350. The van der Waals surface area contributed by atoms with Crippen molar-refractivity contribution in [2.45, 2.75) is 19.4 Å². The lowest BCUT2D eigenvalue weighted by molar-refractivity contribution is -0.121. The highest BCUT2D eigenvalue weighted by molar-refractivity contribution is 5.96. The van der Waals surface area contributed by atoms with Gasteiger partial charge in [-0.2, -0.15) is 0 Å². The van der Waals surface area contributed by atoms with Crippen molar-refractivity contribution in [1.82, 2.24) is 4.90 Å². The van der Waals surface area contributed by atoms with Crippen LogP contribution >= 0.6 is 0 Å². The quantitative estimate of drug-likeness (QED) is 0.918. The van der Waals surface area contributed by atoms with Crippen LogP contribution in [0.25, 0.3) is 0 Å². The average molecular weight is 354 g/mol. The number of aryl methyl sites for hydroxylation is 1. The van der Waals surface area contributed by atoms with Gasteiger partial charge in [0.2, 0.25) is 18.4 Å². The lowest BCUT2D eigenvalue weighted by atomic mass is 9.90. The molecule has 1 amide bonds. The van der Waals surface area contributed by atoms with Crippen LogP contribution in [0.4, 0.5) is 5.69 Å². The summed E-state index contributed by atoms with van der Waals surface area (Å²) < 4.78 is 16.7. The van der Waals surface area contributed by atoms with E-state index in [1.54, 1.807) is 7.11 Å². The molecular formula is C20H22N2O4. The number of methoxy groups -OCH3 is 1. The van der Waals surface area contributed by atoms with Crippen LogP contribution in [0.15, 0.2) is 30.3 Å². The molecule has 0 unspecified atom stereocenters. The monoisotopic (exact) mass is 354 g/mol. The van der Waals surface area contributed by atoms with Gasteiger partial charge in [-0.15, -0.1) is 0 Å². The molecule has 6 heteroatoms. The normalized spacial score (nSPS) is 18.3. The van der Waals surface area contributed by atoms with E-state index in [2.05, 4.69) is 5.32 Å². The zero-order valence-electron chi connectivity index (χ0n) is 15.2. The number of carbonyl (C=O) groups excluding carboxylic acids is 1. The highest BCUT2D eigenvalue weighted by Gasteiger charge is 2.37. The predicted octanol–water partition coefficient (Wildman–Crippen LogP) is 2.90. The first-order chi connectivity index (χ1) is 12.6. The standard InChI is InChI=1S/C20H22N2O4/c1-12-4-6-14(7-5-12)21-20(23)17-16-13(8-9-22(17)2)10-15-18(19(16)24-3)26-11-25-15/h4-7,10,17H,8-9,11H2,1-3H3,(H,21,23)/t17-/m0/s1. The molecule has 2 heterocycles. The van der Waals surface area contributed by atoms with Crippen molar-refractivity contribution in [3.05, 3.63) is 47.0 Å². The second-order valence-corrected chi connectivity index (χ2v) is 6.70. The number of ether oxygens (including phenoxy) is 3. The highest BCUT2D eigenvalue weighted by Crippen LogP contribution is 2.49. The number of hydrogen-bond acceptors (Lipinski definition) is 5. The average Bonchev–Trinajstić information content (AvgIpc) is 3.10. The lowest BCUT2D eigenvalue weighted by Gasteiger charge is -2.34. The van der Waals surface area contributed by atoms with E-state index in [-0.39, 0.29) is 12.7 Å². The molecule has 0 aliphatic carbocycles. The van der Waals surface area contributed by atoms with E-state index in [9.17, 15) is 4.79 Å². The van der Waals surface area contributed by atoms with Crippen LogP contribution in [-0.2, 0) is 11.2 Å². The van der Waals surface area contributed by atoms with E-state index in [0.29, 0.717) is 17.2 Å².